The summed E-state index contributed by atoms with van der Waals surface area (Å²) in [5.74, 6) is 0.353. The van der Waals surface area contributed by atoms with Crippen LogP contribution in [0.25, 0.3) is 0 Å². The lowest BCUT2D eigenvalue weighted by molar-refractivity contribution is 0.221. The van der Waals surface area contributed by atoms with E-state index in [0.29, 0.717) is 5.75 Å². The minimum atomic E-state index is -3.52. The Bertz CT molecular complexity index is 566. The highest BCUT2D eigenvalue weighted by Gasteiger charge is 2.30. The van der Waals surface area contributed by atoms with Gasteiger partial charge in [0.1, 0.15) is 17.3 Å². The lowest BCUT2D eigenvalue weighted by Gasteiger charge is -2.23. The highest BCUT2D eigenvalue weighted by atomic mass is 32.2. The number of hydrogen-bond donors (Lipinski definition) is 2. The van der Waals surface area contributed by atoms with Crippen LogP contribution >= 0.6 is 0 Å². The molecule has 6 heteroatoms. The van der Waals surface area contributed by atoms with Crippen molar-refractivity contribution in [3.8, 4) is 5.75 Å². The van der Waals surface area contributed by atoms with E-state index in [4.69, 9.17) is 10.5 Å². The van der Waals surface area contributed by atoms with E-state index in [1.165, 1.54) is 0 Å². The molecule has 0 aliphatic heterocycles. The molecule has 1 unspecified atom stereocenters. The molecule has 0 spiro atoms. The van der Waals surface area contributed by atoms with Gasteiger partial charge in [-0.15, -0.1) is 0 Å². The van der Waals surface area contributed by atoms with Crippen LogP contribution in [-0.2, 0) is 10.0 Å². The van der Waals surface area contributed by atoms with Crippen molar-refractivity contribution in [2.24, 2.45) is 5.73 Å². The van der Waals surface area contributed by atoms with E-state index in [2.05, 4.69) is 4.72 Å². The largest absolute Gasteiger partial charge is 0.490 e. The minimum Gasteiger partial charge on any atom is -0.490 e. The first-order valence-corrected chi connectivity index (χ1v) is 8.35. The summed E-state index contributed by atoms with van der Waals surface area (Å²) < 4.78 is 32.8. The molecule has 1 fully saturated rings. The SMILES string of the molecule is CCC(C)(N)COc1ccccc1S(=O)(=O)NC1CC1. The fourth-order valence-electron chi connectivity index (χ4n) is 1.62. The van der Waals surface area contributed by atoms with Crippen LogP contribution in [-0.4, -0.2) is 26.6 Å². The Kier molecular flexibility index (Phi) is 4.36. The van der Waals surface area contributed by atoms with Crippen molar-refractivity contribution in [2.75, 3.05) is 6.61 Å². The number of para-hydroxylation sites is 1. The van der Waals surface area contributed by atoms with Gasteiger partial charge in [-0.05, 0) is 38.3 Å². The molecule has 20 heavy (non-hydrogen) atoms. The monoisotopic (exact) mass is 298 g/mol. The van der Waals surface area contributed by atoms with Crippen molar-refractivity contribution in [1.82, 2.24) is 4.72 Å². The Morgan fingerprint density at radius 3 is 2.65 bits per heavy atom. The average Bonchev–Trinajstić information content (AvgIpc) is 3.20. The van der Waals surface area contributed by atoms with E-state index in [-0.39, 0.29) is 17.5 Å². The van der Waals surface area contributed by atoms with Gasteiger partial charge in [-0.2, -0.15) is 0 Å². The predicted molar refractivity (Wildman–Crippen MR) is 78.2 cm³/mol. The first kappa shape index (κ1) is 15.3. The zero-order valence-electron chi connectivity index (χ0n) is 11.9. The van der Waals surface area contributed by atoms with Gasteiger partial charge in [0, 0.05) is 11.6 Å². The summed E-state index contributed by atoms with van der Waals surface area (Å²) in [4.78, 5) is 0.179. The second kappa shape index (κ2) is 5.71. The topological polar surface area (TPSA) is 81.4 Å². The lowest BCUT2D eigenvalue weighted by Crippen LogP contribution is -2.41. The van der Waals surface area contributed by atoms with Crippen LogP contribution in [0.3, 0.4) is 0 Å². The van der Waals surface area contributed by atoms with Gasteiger partial charge < -0.3 is 10.5 Å². The van der Waals surface area contributed by atoms with E-state index in [1.54, 1.807) is 24.3 Å². The van der Waals surface area contributed by atoms with Gasteiger partial charge in [-0.1, -0.05) is 19.1 Å². The molecule has 1 aliphatic rings. The fraction of sp³-hybridized carbons (Fsp3) is 0.571. The maximum absolute atomic E-state index is 12.3. The molecule has 1 saturated carbocycles. The number of ether oxygens (including phenoxy) is 1. The zero-order valence-corrected chi connectivity index (χ0v) is 12.7. The molecule has 1 aromatic rings. The van der Waals surface area contributed by atoms with Crippen molar-refractivity contribution in [3.63, 3.8) is 0 Å². The Labute approximate surface area is 120 Å². The van der Waals surface area contributed by atoms with Crippen LogP contribution in [0.2, 0.25) is 0 Å². The molecule has 0 radical (unpaired) electrons. The fourth-order valence-corrected chi connectivity index (χ4v) is 3.07. The van der Waals surface area contributed by atoms with E-state index in [0.717, 1.165) is 19.3 Å². The molecule has 0 saturated heterocycles. The van der Waals surface area contributed by atoms with E-state index >= 15 is 0 Å². The van der Waals surface area contributed by atoms with E-state index in [1.807, 2.05) is 13.8 Å². The molecule has 112 valence electrons. The summed E-state index contributed by atoms with van der Waals surface area (Å²) in [6.07, 6.45) is 2.56. The van der Waals surface area contributed by atoms with Gasteiger partial charge in [0.25, 0.3) is 0 Å². The van der Waals surface area contributed by atoms with Gasteiger partial charge >= 0.3 is 0 Å². The van der Waals surface area contributed by atoms with Gasteiger partial charge in [0.15, 0.2) is 0 Å². The molecule has 5 nitrogen and oxygen atoms in total. The third kappa shape index (κ3) is 3.94. The molecule has 1 aliphatic carbocycles. The van der Waals surface area contributed by atoms with Crippen LogP contribution in [0.1, 0.15) is 33.1 Å². The molecular formula is C14H22N2O3S. The quantitative estimate of drug-likeness (QED) is 0.801. The second-order valence-electron chi connectivity index (χ2n) is 5.64. The van der Waals surface area contributed by atoms with Crippen LogP contribution < -0.4 is 15.2 Å². The van der Waals surface area contributed by atoms with Crippen LogP contribution in [0.15, 0.2) is 29.2 Å². The molecule has 1 atom stereocenters. The average molecular weight is 298 g/mol. The van der Waals surface area contributed by atoms with E-state index in [9.17, 15) is 8.42 Å². The van der Waals surface area contributed by atoms with Gasteiger partial charge in [-0.3, -0.25) is 0 Å². The van der Waals surface area contributed by atoms with Gasteiger partial charge in [0.05, 0.1) is 0 Å². The summed E-state index contributed by atoms with van der Waals surface area (Å²) in [6.45, 7) is 4.13. The molecule has 3 N–H and O–H groups in total. The highest BCUT2D eigenvalue weighted by Crippen LogP contribution is 2.27. The predicted octanol–water partition coefficient (Wildman–Crippen LogP) is 1.63. The van der Waals surface area contributed by atoms with Crippen molar-refractivity contribution in [1.29, 1.82) is 0 Å². The first-order valence-electron chi connectivity index (χ1n) is 6.87. The number of sulfonamides is 1. The number of nitrogens with two attached hydrogens (primary N) is 1. The van der Waals surface area contributed by atoms with E-state index < -0.39 is 15.6 Å². The number of nitrogens with one attached hydrogen (secondary N) is 1. The Morgan fingerprint density at radius 1 is 1.40 bits per heavy atom. The summed E-state index contributed by atoms with van der Waals surface area (Å²) >= 11 is 0. The van der Waals surface area contributed by atoms with Crippen molar-refractivity contribution in [2.45, 2.75) is 49.6 Å². The number of hydrogen-bond acceptors (Lipinski definition) is 4. The normalized spacial score (nSPS) is 18.6. The molecule has 0 heterocycles. The third-order valence-corrected chi connectivity index (χ3v) is 4.96. The second-order valence-corrected chi connectivity index (χ2v) is 7.32. The molecule has 0 amide bonds. The third-order valence-electron chi connectivity index (χ3n) is 3.40. The molecule has 1 aromatic carbocycles. The zero-order chi connectivity index (χ0) is 14.8. The summed E-state index contributed by atoms with van der Waals surface area (Å²) in [5.41, 5.74) is 5.55. The number of rotatable bonds is 7. The maximum atomic E-state index is 12.3. The highest BCUT2D eigenvalue weighted by molar-refractivity contribution is 7.89. The number of benzene rings is 1. The molecule has 2 rings (SSSR count). The van der Waals surface area contributed by atoms with Gasteiger partial charge in [-0.25, -0.2) is 13.1 Å². The molecular weight excluding hydrogens is 276 g/mol. The smallest absolute Gasteiger partial charge is 0.244 e. The Balaban J connectivity index is 2.17. The Morgan fingerprint density at radius 2 is 2.05 bits per heavy atom. The van der Waals surface area contributed by atoms with Crippen molar-refractivity contribution < 1.29 is 13.2 Å². The van der Waals surface area contributed by atoms with Crippen molar-refractivity contribution >= 4 is 10.0 Å². The summed E-state index contributed by atoms with van der Waals surface area (Å²) in [5, 5.41) is 0. The summed E-state index contributed by atoms with van der Waals surface area (Å²) in [7, 11) is -3.52. The van der Waals surface area contributed by atoms with Crippen LogP contribution in [0.4, 0.5) is 0 Å². The first-order chi connectivity index (χ1) is 9.34. The standard InChI is InChI=1S/C14H22N2O3S/c1-3-14(2,15)10-19-12-6-4-5-7-13(12)20(17,18)16-11-8-9-11/h4-7,11,16H,3,8-10,15H2,1-2H3. The molecule has 0 aromatic heterocycles. The van der Waals surface area contributed by atoms with Crippen molar-refractivity contribution in [3.05, 3.63) is 24.3 Å². The lowest BCUT2D eigenvalue weighted by atomic mass is 10.0. The Hall–Kier alpha value is -1.11. The van der Waals surface area contributed by atoms with Crippen LogP contribution in [0, 0.1) is 0 Å². The van der Waals surface area contributed by atoms with Gasteiger partial charge in [0.2, 0.25) is 10.0 Å². The summed E-state index contributed by atoms with van der Waals surface area (Å²) in [6, 6.07) is 6.73. The molecule has 0 bridgehead atoms. The minimum absolute atomic E-state index is 0.0727. The van der Waals surface area contributed by atoms with Crippen LogP contribution in [0.5, 0.6) is 5.75 Å². The maximum Gasteiger partial charge on any atom is 0.244 e.